The van der Waals surface area contributed by atoms with Crippen molar-refractivity contribution in [2.75, 3.05) is 0 Å². The Balaban J connectivity index is 0.630. The van der Waals surface area contributed by atoms with Crippen molar-refractivity contribution >= 4 is 138 Å². The Morgan fingerprint density at radius 3 is 0.991 bits per heavy atom. The van der Waals surface area contributed by atoms with Gasteiger partial charge in [0, 0.05) is 127 Å². The molecule has 0 aliphatic carbocycles. The SMILES string of the molecule is c1ccc(-c2nc(-c3ccc(-c4ccc5c(c4)c4cc(-c6ccc7sc8cccc(-c9nc(-c%10ccccc%10)nc(-c%10ccc%11sc%12ccccc%12c%11c%10)n9)c8c7c6)ccc4n5-c4ccccc4)cc3)nc(-c3cccc4sc5ccc(-c6ccc7c(c6)c6ccccc6n7-c6ccccc6)cc5c34)n2)cc1. The van der Waals surface area contributed by atoms with Gasteiger partial charge < -0.3 is 9.13 Å². The van der Waals surface area contributed by atoms with Crippen molar-refractivity contribution in [3.05, 3.63) is 340 Å². The van der Waals surface area contributed by atoms with E-state index in [4.69, 9.17) is 29.9 Å². The van der Waals surface area contributed by atoms with Crippen LogP contribution >= 0.6 is 34.0 Å². The molecule has 15 aromatic carbocycles. The highest BCUT2D eigenvalue weighted by molar-refractivity contribution is 7.26. The summed E-state index contributed by atoms with van der Waals surface area (Å²) < 4.78 is 12.0. The van der Waals surface area contributed by atoms with Crippen molar-refractivity contribution in [3.8, 4) is 113 Å². The van der Waals surface area contributed by atoms with Gasteiger partial charge in [-0.2, -0.15) is 0 Å². The number of nitrogens with zero attached hydrogens (tertiary/aromatic N) is 8. The first kappa shape index (κ1) is 61.1. The van der Waals surface area contributed by atoms with Crippen molar-refractivity contribution in [1.29, 1.82) is 0 Å². The number of rotatable bonds is 11. The molecule has 0 saturated carbocycles. The molecule has 498 valence electrons. The number of benzene rings is 15. The van der Waals surface area contributed by atoms with E-state index in [9.17, 15) is 0 Å². The fraction of sp³-hybridized carbons (Fsp3) is 0. The first-order chi connectivity index (χ1) is 53.0. The minimum atomic E-state index is 0.605. The van der Waals surface area contributed by atoms with Crippen LogP contribution in [0.3, 0.4) is 0 Å². The Bertz CT molecular complexity index is 7360. The van der Waals surface area contributed by atoms with E-state index in [2.05, 4.69) is 312 Å². The number of hydrogen-bond donors (Lipinski definition) is 0. The van der Waals surface area contributed by atoms with Crippen LogP contribution in [0.1, 0.15) is 0 Å². The second-order valence-electron chi connectivity index (χ2n) is 27.3. The van der Waals surface area contributed by atoms with Gasteiger partial charge in [-0.3, -0.25) is 0 Å². The zero-order chi connectivity index (χ0) is 70.2. The van der Waals surface area contributed by atoms with Gasteiger partial charge in [0.1, 0.15) is 0 Å². The van der Waals surface area contributed by atoms with Gasteiger partial charge in [0.2, 0.25) is 0 Å². The molecule has 0 N–H and O–H groups in total. The molecule has 0 saturated heterocycles. The van der Waals surface area contributed by atoms with Gasteiger partial charge >= 0.3 is 0 Å². The molecule has 22 rings (SSSR count). The Labute approximate surface area is 625 Å². The lowest BCUT2D eigenvalue weighted by Crippen LogP contribution is -2.00. The summed E-state index contributed by atoms with van der Waals surface area (Å²) in [6.07, 6.45) is 0. The van der Waals surface area contributed by atoms with Crippen LogP contribution < -0.4 is 0 Å². The maximum atomic E-state index is 5.41. The summed E-state index contributed by atoms with van der Waals surface area (Å²) in [7, 11) is 0. The lowest BCUT2D eigenvalue weighted by atomic mass is 9.98. The predicted octanol–water partition coefficient (Wildman–Crippen LogP) is 26.4. The molecule has 22 aromatic rings. The highest BCUT2D eigenvalue weighted by Crippen LogP contribution is 2.47. The van der Waals surface area contributed by atoms with Crippen LogP contribution in [0.2, 0.25) is 0 Å². The Hall–Kier alpha value is -13.4. The first-order valence-corrected chi connectivity index (χ1v) is 38.2. The molecule has 0 radical (unpaired) electrons. The topological polar surface area (TPSA) is 87.2 Å². The van der Waals surface area contributed by atoms with Gasteiger partial charge in [0.15, 0.2) is 34.9 Å². The predicted molar refractivity (Wildman–Crippen MR) is 449 cm³/mol. The van der Waals surface area contributed by atoms with E-state index < -0.39 is 0 Å². The lowest BCUT2D eigenvalue weighted by Gasteiger charge is -2.11. The Kier molecular flexibility index (Phi) is 14.1. The summed E-state index contributed by atoms with van der Waals surface area (Å²) in [5.74, 6) is 3.76. The number of thiophene rings is 3. The van der Waals surface area contributed by atoms with Gasteiger partial charge in [-0.1, -0.05) is 212 Å². The fourth-order valence-corrected chi connectivity index (χ4v) is 19.3. The van der Waals surface area contributed by atoms with Crippen LogP contribution in [0.5, 0.6) is 0 Å². The van der Waals surface area contributed by atoms with E-state index in [0.29, 0.717) is 34.9 Å². The fourth-order valence-electron chi connectivity index (χ4n) is 16.0. The van der Waals surface area contributed by atoms with Crippen LogP contribution in [-0.2, 0) is 0 Å². The Morgan fingerprint density at radius 1 is 0.178 bits per heavy atom. The molecular weight excluding hydrogens is 1360 g/mol. The molecule has 7 heterocycles. The first-order valence-electron chi connectivity index (χ1n) is 35.8. The molecule has 107 heavy (non-hydrogen) atoms. The van der Waals surface area contributed by atoms with Crippen molar-refractivity contribution in [1.82, 2.24) is 39.0 Å². The highest BCUT2D eigenvalue weighted by Gasteiger charge is 2.23. The van der Waals surface area contributed by atoms with Gasteiger partial charge in [-0.05, 0) is 161 Å². The van der Waals surface area contributed by atoms with E-state index in [1.807, 2.05) is 47.7 Å². The summed E-state index contributed by atoms with van der Waals surface area (Å²) in [5.41, 5.74) is 19.3. The average Bonchev–Trinajstić information content (AvgIpc) is 1.61. The number of hydrogen-bond acceptors (Lipinski definition) is 9. The minimum absolute atomic E-state index is 0.605. The van der Waals surface area contributed by atoms with E-state index in [1.54, 1.807) is 22.7 Å². The molecule has 0 spiro atoms. The molecule has 0 atom stereocenters. The molecule has 11 heteroatoms. The van der Waals surface area contributed by atoms with Crippen LogP contribution in [0, 0.1) is 0 Å². The molecule has 8 nitrogen and oxygen atoms in total. The second kappa shape index (κ2) is 24.6. The third-order valence-corrected chi connectivity index (χ3v) is 24.5. The highest BCUT2D eigenvalue weighted by atomic mass is 32.1. The summed E-state index contributed by atoms with van der Waals surface area (Å²) in [6, 6.07) is 122. The van der Waals surface area contributed by atoms with Gasteiger partial charge in [0.05, 0.1) is 22.1 Å². The minimum Gasteiger partial charge on any atom is -0.309 e. The maximum absolute atomic E-state index is 5.41. The Morgan fingerprint density at radius 2 is 0.486 bits per heavy atom. The molecular formula is C96H56N8S3. The summed E-state index contributed by atoms with van der Waals surface area (Å²) in [5, 5.41) is 11.8. The molecule has 0 aliphatic rings. The zero-order valence-electron chi connectivity index (χ0n) is 57.1. The van der Waals surface area contributed by atoms with E-state index >= 15 is 0 Å². The van der Waals surface area contributed by atoms with Crippen molar-refractivity contribution in [2.45, 2.75) is 0 Å². The van der Waals surface area contributed by atoms with Crippen LogP contribution in [0.4, 0.5) is 0 Å². The van der Waals surface area contributed by atoms with E-state index in [0.717, 1.165) is 116 Å². The standard InChI is InChI=1S/C96H56N8S3/c1-5-19-58(20-6-1)91-97-93(101-95(99-91)71-29-17-33-87-89(71)77-54-64(42-48-85(77)106-87)62-40-46-80-73(52-62)69-27-13-15-31-79(69)103(80)67-23-9-3-10-24-67)60-37-35-57(36-38-60)61-39-45-81-74(51-61)75-53-63(41-47-82(75)104(81)68-25-11-4-12-26-68)65-43-49-86-78(55-65)90-72(30-18-34-88(90)107-86)96-100-92(59-21-7-2-8-22-59)98-94(102-96)66-44-50-84-76(56-66)70-28-14-16-32-83(70)105-84/h1-56H. The second-order valence-corrected chi connectivity index (χ2v) is 30.5. The molecule has 7 aromatic heterocycles. The quantitative estimate of drug-likeness (QED) is 0.128. The van der Waals surface area contributed by atoms with Gasteiger partial charge in [-0.15, -0.1) is 34.0 Å². The zero-order valence-corrected chi connectivity index (χ0v) is 59.6. The molecule has 0 bridgehead atoms. The molecule has 0 unspecified atom stereocenters. The van der Waals surface area contributed by atoms with E-state index in [-0.39, 0.29) is 0 Å². The van der Waals surface area contributed by atoms with Crippen molar-refractivity contribution in [2.24, 2.45) is 0 Å². The average molecular weight is 1420 g/mol. The van der Waals surface area contributed by atoms with Crippen LogP contribution in [-0.4, -0.2) is 39.0 Å². The van der Waals surface area contributed by atoms with Crippen LogP contribution in [0.25, 0.3) is 217 Å². The smallest absolute Gasteiger partial charge is 0.164 e. The molecule has 0 amide bonds. The van der Waals surface area contributed by atoms with Gasteiger partial charge in [0.25, 0.3) is 0 Å². The third kappa shape index (κ3) is 10.2. The van der Waals surface area contributed by atoms with Crippen molar-refractivity contribution < 1.29 is 0 Å². The van der Waals surface area contributed by atoms with Gasteiger partial charge in [-0.25, -0.2) is 29.9 Å². The number of aromatic nitrogens is 8. The normalized spacial score (nSPS) is 11.9. The van der Waals surface area contributed by atoms with E-state index in [1.165, 1.54) is 66.2 Å². The lowest BCUT2D eigenvalue weighted by molar-refractivity contribution is 1.08. The summed E-state index contributed by atoms with van der Waals surface area (Å²) in [6.45, 7) is 0. The monoisotopic (exact) mass is 1420 g/mol. The largest absolute Gasteiger partial charge is 0.309 e. The summed E-state index contributed by atoms with van der Waals surface area (Å²) >= 11 is 5.41. The van der Waals surface area contributed by atoms with Crippen LogP contribution in [0.15, 0.2) is 340 Å². The molecule has 0 aliphatic heterocycles. The molecule has 0 fully saturated rings. The van der Waals surface area contributed by atoms with Crippen molar-refractivity contribution in [3.63, 3.8) is 0 Å². The maximum Gasteiger partial charge on any atom is 0.164 e. The third-order valence-electron chi connectivity index (χ3n) is 21.1. The number of para-hydroxylation sites is 3. The summed E-state index contributed by atoms with van der Waals surface area (Å²) in [4.78, 5) is 31.8. The number of fused-ring (bicyclic) bond motifs is 15.